The first-order valence-corrected chi connectivity index (χ1v) is 10.9. The van der Waals surface area contributed by atoms with Crippen LogP contribution in [0.15, 0.2) is 40.3 Å². The van der Waals surface area contributed by atoms with Crippen LogP contribution in [-0.2, 0) is 12.0 Å². The highest BCUT2D eigenvalue weighted by Crippen LogP contribution is 2.41. The number of hydrogen-bond donors (Lipinski definition) is 2. The molecular weight excluding hydrogens is 489 g/mol. The van der Waals surface area contributed by atoms with Gasteiger partial charge in [0.2, 0.25) is 0 Å². The predicted octanol–water partition coefficient (Wildman–Crippen LogP) is 4.64. The van der Waals surface area contributed by atoms with Crippen molar-refractivity contribution >= 4 is 57.6 Å². The molecule has 0 saturated heterocycles. The van der Waals surface area contributed by atoms with E-state index in [1.165, 1.54) is 37.0 Å². The van der Waals surface area contributed by atoms with Crippen LogP contribution in [-0.4, -0.2) is 28.9 Å². The van der Waals surface area contributed by atoms with Crippen LogP contribution < -0.4 is 10.6 Å². The molecule has 3 aromatic rings. The van der Waals surface area contributed by atoms with Gasteiger partial charge in [-0.15, -0.1) is 46.7 Å². The number of aliphatic imine (C=N–C) groups is 1. The van der Waals surface area contributed by atoms with E-state index in [-0.39, 0.29) is 29.4 Å². The van der Waals surface area contributed by atoms with E-state index in [1.54, 1.807) is 11.3 Å². The Morgan fingerprint density at radius 2 is 2.07 bits per heavy atom. The molecule has 0 aromatic carbocycles. The number of rotatable bonds is 5. The van der Waals surface area contributed by atoms with Gasteiger partial charge in [0.25, 0.3) is 0 Å². The number of nitrogens with zero attached hydrogens (tertiary/aromatic N) is 3. The molecule has 0 amide bonds. The zero-order valence-electron chi connectivity index (χ0n) is 15.5. The van der Waals surface area contributed by atoms with E-state index in [1.807, 2.05) is 30.0 Å². The second-order valence-electron chi connectivity index (χ2n) is 6.92. The molecule has 0 unspecified atom stereocenters. The standard InChI is InChI=1S/C19H25N5S2.HI/c1-20-17(21-12-15-13-24-9-11-26-18(24)23-15)22-14-19(7-3-2-4-8-19)16-6-5-10-25-16;/h5-6,9-11,13H,2-4,7-8,12,14H2,1H3,(H2,20,21,22);1H. The third-order valence-corrected chi connectivity index (χ3v) is 7.14. The lowest BCUT2D eigenvalue weighted by Crippen LogP contribution is -2.46. The van der Waals surface area contributed by atoms with Crippen molar-refractivity contribution in [3.05, 3.63) is 45.9 Å². The molecule has 1 fully saturated rings. The SMILES string of the molecule is CN=C(NCc1cn2ccsc2n1)NCC1(c2cccs2)CCCCC1.I. The van der Waals surface area contributed by atoms with Crippen molar-refractivity contribution in [3.63, 3.8) is 0 Å². The minimum Gasteiger partial charge on any atom is -0.355 e. The number of nitrogens with one attached hydrogen (secondary N) is 2. The summed E-state index contributed by atoms with van der Waals surface area (Å²) in [5.41, 5.74) is 1.28. The van der Waals surface area contributed by atoms with Crippen molar-refractivity contribution in [2.24, 2.45) is 4.99 Å². The van der Waals surface area contributed by atoms with Gasteiger partial charge in [0, 0.05) is 41.7 Å². The van der Waals surface area contributed by atoms with Gasteiger partial charge in [0.1, 0.15) is 0 Å². The maximum Gasteiger partial charge on any atom is 0.193 e. The summed E-state index contributed by atoms with van der Waals surface area (Å²) in [7, 11) is 1.83. The largest absolute Gasteiger partial charge is 0.355 e. The van der Waals surface area contributed by atoms with Crippen LogP contribution in [0.5, 0.6) is 0 Å². The molecule has 1 aliphatic rings. The second-order valence-corrected chi connectivity index (χ2v) is 8.74. The Labute approximate surface area is 185 Å². The maximum atomic E-state index is 4.62. The molecular formula is C19H26IN5S2. The highest BCUT2D eigenvalue weighted by molar-refractivity contribution is 14.0. The number of imidazole rings is 1. The minimum atomic E-state index is 0. The number of guanidine groups is 1. The van der Waals surface area contributed by atoms with Crippen molar-refractivity contribution in [3.8, 4) is 0 Å². The summed E-state index contributed by atoms with van der Waals surface area (Å²) in [5, 5.41) is 11.2. The summed E-state index contributed by atoms with van der Waals surface area (Å²) in [6.45, 7) is 1.62. The first-order chi connectivity index (χ1) is 12.8. The minimum absolute atomic E-state index is 0. The lowest BCUT2D eigenvalue weighted by Gasteiger charge is -2.37. The average molecular weight is 515 g/mol. The van der Waals surface area contributed by atoms with Crippen LogP contribution in [0.2, 0.25) is 0 Å². The molecule has 0 bridgehead atoms. The van der Waals surface area contributed by atoms with Gasteiger partial charge < -0.3 is 10.6 Å². The average Bonchev–Trinajstić information content (AvgIpc) is 3.40. The lowest BCUT2D eigenvalue weighted by molar-refractivity contribution is 0.296. The first kappa shape index (κ1) is 20.6. The molecule has 0 aliphatic heterocycles. The zero-order valence-corrected chi connectivity index (χ0v) is 19.4. The van der Waals surface area contributed by atoms with E-state index in [0.29, 0.717) is 6.54 Å². The highest BCUT2D eigenvalue weighted by Gasteiger charge is 2.34. The van der Waals surface area contributed by atoms with Crippen molar-refractivity contribution in [2.45, 2.75) is 44.1 Å². The number of fused-ring (bicyclic) bond motifs is 1. The van der Waals surface area contributed by atoms with Crippen molar-refractivity contribution in [1.29, 1.82) is 0 Å². The van der Waals surface area contributed by atoms with E-state index in [9.17, 15) is 0 Å². The number of halogens is 1. The fourth-order valence-electron chi connectivity index (χ4n) is 3.83. The highest BCUT2D eigenvalue weighted by atomic mass is 127. The molecule has 0 radical (unpaired) electrons. The third-order valence-electron chi connectivity index (χ3n) is 5.25. The Morgan fingerprint density at radius 3 is 2.78 bits per heavy atom. The van der Waals surface area contributed by atoms with Gasteiger partial charge in [-0.2, -0.15) is 0 Å². The molecule has 0 atom stereocenters. The Bertz CT molecular complexity index is 833. The molecule has 1 aliphatic carbocycles. The normalized spacial score (nSPS) is 16.9. The predicted molar refractivity (Wildman–Crippen MR) is 126 cm³/mol. The summed E-state index contributed by atoms with van der Waals surface area (Å²) in [6, 6.07) is 4.47. The van der Waals surface area contributed by atoms with Crippen LogP contribution in [0.1, 0.15) is 42.7 Å². The van der Waals surface area contributed by atoms with Crippen LogP contribution in [0.3, 0.4) is 0 Å². The molecule has 8 heteroatoms. The Balaban J connectivity index is 0.00000210. The second kappa shape index (κ2) is 9.38. The van der Waals surface area contributed by atoms with Crippen LogP contribution in [0.25, 0.3) is 4.96 Å². The quantitative estimate of drug-likeness (QED) is 0.296. The number of thiophene rings is 1. The topological polar surface area (TPSA) is 53.7 Å². The molecule has 27 heavy (non-hydrogen) atoms. The Kier molecular flexibility index (Phi) is 7.16. The van der Waals surface area contributed by atoms with Crippen molar-refractivity contribution in [1.82, 2.24) is 20.0 Å². The number of hydrogen-bond acceptors (Lipinski definition) is 4. The third kappa shape index (κ3) is 4.65. The van der Waals surface area contributed by atoms with E-state index in [0.717, 1.165) is 23.2 Å². The van der Waals surface area contributed by atoms with Gasteiger partial charge >= 0.3 is 0 Å². The summed E-state index contributed by atoms with van der Waals surface area (Å²) in [6.07, 6.45) is 10.6. The van der Waals surface area contributed by atoms with E-state index in [2.05, 4.69) is 48.7 Å². The van der Waals surface area contributed by atoms with E-state index in [4.69, 9.17) is 0 Å². The van der Waals surface area contributed by atoms with Gasteiger partial charge in [-0.25, -0.2) is 4.98 Å². The monoisotopic (exact) mass is 515 g/mol. The molecule has 3 aromatic heterocycles. The summed E-state index contributed by atoms with van der Waals surface area (Å²) in [5.74, 6) is 0.850. The molecule has 3 heterocycles. The van der Waals surface area contributed by atoms with E-state index < -0.39 is 0 Å². The molecule has 5 nitrogen and oxygen atoms in total. The number of aromatic nitrogens is 2. The van der Waals surface area contributed by atoms with Gasteiger partial charge in [-0.05, 0) is 24.3 Å². The maximum absolute atomic E-state index is 4.62. The molecule has 1 saturated carbocycles. The summed E-state index contributed by atoms with van der Waals surface area (Å²) < 4.78 is 2.06. The molecule has 2 N–H and O–H groups in total. The molecule has 146 valence electrons. The fraction of sp³-hybridized carbons (Fsp3) is 0.474. The van der Waals surface area contributed by atoms with E-state index >= 15 is 0 Å². The van der Waals surface area contributed by atoms with Crippen LogP contribution >= 0.6 is 46.7 Å². The molecule has 0 spiro atoms. The van der Waals surface area contributed by atoms with Gasteiger partial charge in [0.05, 0.1) is 12.2 Å². The summed E-state index contributed by atoms with van der Waals surface area (Å²) >= 11 is 3.54. The van der Waals surface area contributed by atoms with Gasteiger partial charge in [0.15, 0.2) is 10.9 Å². The Morgan fingerprint density at radius 1 is 1.22 bits per heavy atom. The van der Waals surface area contributed by atoms with Crippen LogP contribution in [0, 0.1) is 0 Å². The van der Waals surface area contributed by atoms with Gasteiger partial charge in [-0.1, -0.05) is 25.3 Å². The smallest absolute Gasteiger partial charge is 0.193 e. The van der Waals surface area contributed by atoms with Crippen molar-refractivity contribution < 1.29 is 0 Å². The zero-order chi connectivity index (χ0) is 17.8. The molecule has 4 rings (SSSR count). The number of thiazole rings is 1. The van der Waals surface area contributed by atoms with Crippen LogP contribution in [0.4, 0.5) is 0 Å². The lowest BCUT2D eigenvalue weighted by atomic mass is 9.73. The first-order valence-electron chi connectivity index (χ1n) is 9.19. The fourth-order valence-corrected chi connectivity index (χ4v) is 5.53. The Hall–Kier alpha value is -1.13. The van der Waals surface area contributed by atoms with Gasteiger partial charge in [-0.3, -0.25) is 9.39 Å². The summed E-state index contributed by atoms with van der Waals surface area (Å²) in [4.78, 5) is 11.6. The van der Waals surface area contributed by atoms with Crippen molar-refractivity contribution in [2.75, 3.05) is 13.6 Å².